The molecular weight excluding hydrogens is 442 g/mol. The van der Waals surface area contributed by atoms with E-state index in [2.05, 4.69) is 30.7 Å². The van der Waals surface area contributed by atoms with Gasteiger partial charge in [-0.05, 0) is 61.0 Å². The van der Waals surface area contributed by atoms with Crippen molar-refractivity contribution < 1.29 is 9.53 Å². The summed E-state index contributed by atoms with van der Waals surface area (Å²) < 4.78 is 6.82. The Hall–Kier alpha value is -4.79. The largest absolute Gasteiger partial charge is 0.497 e. The highest BCUT2D eigenvalue weighted by Crippen LogP contribution is 2.21. The predicted octanol–water partition coefficient (Wildman–Crippen LogP) is 4.18. The van der Waals surface area contributed by atoms with Gasteiger partial charge in [0, 0.05) is 47.5 Å². The second-order valence-electron chi connectivity index (χ2n) is 7.90. The van der Waals surface area contributed by atoms with E-state index in [1.807, 2.05) is 61.5 Å². The van der Waals surface area contributed by atoms with Crippen molar-refractivity contribution in [3.8, 4) is 17.1 Å². The number of hydrogen-bond acceptors (Lipinski definition) is 7. The maximum Gasteiger partial charge on any atom is 0.254 e. The second kappa shape index (κ2) is 9.60. The summed E-state index contributed by atoms with van der Waals surface area (Å²) >= 11 is 0. The summed E-state index contributed by atoms with van der Waals surface area (Å²) in [6.45, 7) is 2.34. The van der Waals surface area contributed by atoms with Gasteiger partial charge in [-0.2, -0.15) is 9.50 Å². The molecule has 1 amide bonds. The molecule has 5 rings (SSSR count). The molecule has 0 radical (unpaired) electrons. The normalized spacial score (nSPS) is 10.8. The minimum atomic E-state index is -0.146. The molecule has 9 heteroatoms. The van der Waals surface area contributed by atoms with E-state index in [1.54, 1.807) is 36.2 Å². The number of aryl methyl sites for hydroxylation is 1. The van der Waals surface area contributed by atoms with Gasteiger partial charge >= 0.3 is 0 Å². The molecule has 0 aliphatic carbocycles. The molecule has 0 saturated carbocycles. The minimum absolute atomic E-state index is 0.146. The molecule has 3 aromatic heterocycles. The zero-order valence-corrected chi connectivity index (χ0v) is 19.3. The van der Waals surface area contributed by atoms with Crippen LogP contribution in [0.2, 0.25) is 0 Å². The highest BCUT2D eigenvalue weighted by molar-refractivity contribution is 5.94. The monoisotopic (exact) mass is 465 g/mol. The standard InChI is InChI=1S/C26H23N7O2/c1-17-14-23(33-26(29-17)31-24(32-33)20-4-3-13-27-16-20)30-21-9-7-19(8-10-21)25(34)28-15-18-5-11-22(35-2)12-6-18/h3-14,16,30H,15H2,1-2H3,(H,28,34). The Labute approximate surface area is 201 Å². The third kappa shape index (κ3) is 4.93. The molecule has 0 fully saturated rings. The number of aromatic nitrogens is 5. The van der Waals surface area contributed by atoms with Gasteiger partial charge in [-0.25, -0.2) is 4.98 Å². The maximum atomic E-state index is 12.6. The SMILES string of the molecule is COc1ccc(CNC(=O)c2ccc(Nc3cc(C)nc4nc(-c5cccnc5)nn34)cc2)cc1. The summed E-state index contributed by atoms with van der Waals surface area (Å²) in [5, 5.41) is 10.9. The number of rotatable bonds is 7. The molecule has 2 aromatic carbocycles. The molecule has 0 aliphatic rings. The summed E-state index contributed by atoms with van der Waals surface area (Å²) in [4.78, 5) is 25.7. The average molecular weight is 466 g/mol. The van der Waals surface area contributed by atoms with Crippen molar-refractivity contribution in [2.75, 3.05) is 12.4 Å². The van der Waals surface area contributed by atoms with Crippen LogP contribution in [0.5, 0.6) is 5.75 Å². The fourth-order valence-electron chi connectivity index (χ4n) is 3.57. The number of carbonyl (C=O) groups is 1. The van der Waals surface area contributed by atoms with Crippen LogP contribution in [0, 0.1) is 6.92 Å². The number of nitrogens with one attached hydrogen (secondary N) is 2. The summed E-state index contributed by atoms with van der Waals surface area (Å²) in [5.41, 5.74) is 3.99. The van der Waals surface area contributed by atoms with Crippen molar-refractivity contribution in [1.29, 1.82) is 0 Å². The Balaban J connectivity index is 1.30. The lowest BCUT2D eigenvalue weighted by molar-refractivity contribution is 0.0951. The number of carbonyl (C=O) groups excluding carboxylic acids is 1. The van der Waals surface area contributed by atoms with E-state index >= 15 is 0 Å². The lowest BCUT2D eigenvalue weighted by Crippen LogP contribution is -2.22. The number of amides is 1. The third-order valence-corrected chi connectivity index (χ3v) is 5.39. The molecule has 0 bridgehead atoms. The number of benzene rings is 2. The Kier molecular flexibility index (Phi) is 6.04. The van der Waals surface area contributed by atoms with Gasteiger partial charge in [-0.15, -0.1) is 5.10 Å². The van der Waals surface area contributed by atoms with Crippen molar-refractivity contribution in [3.63, 3.8) is 0 Å². The molecule has 0 atom stereocenters. The summed E-state index contributed by atoms with van der Waals surface area (Å²) in [7, 11) is 1.62. The lowest BCUT2D eigenvalue weighted by Gasteiger charge is -2.10. The van der Waals surface area contributed by atoms with E-state index in [9.17, 15) is 4.79 Å². The highest BCUT2D eigenvalue weighted by atomic mass is 16.5. The molecule has 3 heterocycles. The molecule has 0 saturated heterocycles. The molecule has 0 spiro atoms. The van der Waals surface area contributed by atoms with Crippen LogP contribution in [-0.4, -0.2) is 37.6 Å². The van der Waals surface area contributed by atoms with Crippen LogP contribution in [-0.2, 0) is 6.54 Å². The number of hydrogen-bond donors (Lipinski definition) is 2. The van der Waals surface area contributed by atoms with Crippen LogP contribution in [0.25, 0.3) is 17.2 Å². The Morgan fingerprint density at radius 3 is 2.54 bits per heavy atom. The fraction of sp³-hybridized carbons (Fsp3) is 0.115. The van der Waals surface area contributed by atoms with Gasteiger partial charge in [-0.3, -0.25) is 9.78 Å². The number of fused-ring (bicyclic) bond motifs is 1. The average Bonchev–Trinajstić information content (AvgIpc) is 3.33. The smallest absolute Gasteiger partial charge is 0.254 e. The van der Waals surface area contributed by atoms with E-state index in [4.69, 9.17) is 4.74 Å². The molecular formula is C26H23N7O2. The zero-order chi connectivity index (χ0) is 24.2. The third-order valence-electron chi connectivity index (χ3n) is 5.39. The fourth-order valence-corrected chi connectivity index (χ4v) is 3.57. The van der Waals surface area contributed by atoms with Crippen molar-refractivity contribution >= 4 is 23.2 Å². The summed E-state index contributed by atoms with van der Waals surface area (Å²) in [5.74, 6) is 2.38. The predicted molar refractivity (Wildman–Crippen MR) is 133 cm³/mol. The van der Waals surface area contributed by atoms with E-state index in [0.717, 1.165) is 28.3 Å². The Bertz CT molecular complexity index is 1460. The molecule has 2 N–H and O–H groups in total. The number of anilines is 2. The number of methoxy groups -OCH3 is 1. The molecule has 5 aromatic rings. The first-order valence-corrected chi connectivity index (χ1v) is 11.0. The van der Waals surface area contributed by atoms with Gasteiger partial charge < -0.3 is 15.4 Å². The first-order chi connectivity index (χ1) is 17.1. The van der Waals surface area contributed by atoms with Crippen molar-refractivity contribution in [2.45, 2.75) is 13.5 Å². The first kappa shape index (κ1) is 22.0. The van der Waals surface area contributed by atoms with Gasteiger partial charge in [0.05, 0.1) is 7.11 Å². The van der Waals surface area contributed by atoms with Crippen molar-refractivity contribution in [3.05, 3.63) is 95.9 Å². The number of pyridine rings is 1. The molecule has 0 aliphatic heterocycles. The van der Waals surface area contributed by atoms with E-state index in [-0.39, 0.29) is 5.91 Å². The van der Waals surface area contributed by atoms with Crippen LogP contribution in [0.4, 0.5) is 11.5 Å². The van der Waals surface area contributed by atoms with Crippen LogP contribution in [0.15, 0.2) is 79.1 Å². The Morgan fingerprint density at radius 1 is 1.03 bits per heavy atom. The van der Waals surface area contributed by atoms with Crippen LogP contribution in [0.3, 0.4) is 0 Å². The molecule has 174 valence electrons. The summed E-state index contributed by atoms with van der Waals surface area (Å²) in [6, 6.07) is 20.5. The van der Waals surface area contributed by atoms with Crippen LogP contribution < -0.4 is 15.4 Å². The quantitative estimate of drug-likeness (QED) is 0.371. The molecule has 35 heavy (non-hydrogen) atoms. The van der Waals surface area contributed by atoms with Gasteiger partial charge in [0.15, 0.2) is 5.82 Å². The second-order valence-corrected chi connectivity index (χ2v) is 7.90. The van der Waals surface area contributed by atoms with Gasteiger partial charge in [-0.1, -0.05) is 12.1 Å². The highest BCUT2D eigenvalue weighted by Gasteiger charge is 2.12. The molecule has 9 nitrogen and oxygen atoms in total. The minimum Gasteiger partial charge on any atom is -0.497 e. The summed E-state index contributed by atoms with van der Waals surface area (Å²) in [6.07, 6.45) is 3.42. The first-order valence-electron chi connectivity index (χ1n) is 11.0. The number of nitrogens with zero attached hydrogens (tertiary/aromatic N) is 5. The zero-order valence-electron chi connectivity index (χ0n) is 19.3. The van der Waals surface area contributed by atoms with E-state index < -0.39 is 0 Å². The Morgan fingerprint density at radius 2 is 1.83 bits per heavy atom. The van der Waals surface area contributed by atoms with E-state index in [1.165, 1.54) is 0 Å². The van der Waals surface area contributed by atoms with E-state index in [0.29, 0.717) is 29.5 Å². The molecule has 0 unspecified atom stereocenters. The van der Waals surface area contributed by atoms with Crippen LogP contribution in [0.1, 0.15) is 21.6 Å². The van der Waals surface area contributed by atoms with Gasteiger partial charge in [0.25, 0.3) is 11.7 Å². The number of ether oxygens (including phenoxy) is 1. The lowest BCUT2D eigenvalue weighted by atomic mass is 10.1. The van der Waals surface area contributed by atoms with Gasteiger partial charge in [0.1, 0.15) is 11.6 Å². The van der Waals surface area contributed by atoms with Gasteiger partial charge in [0.2, 0.25) is 0 Å². The topological polar surface area (TPSA) is 106 Å². The van der Waals surface area contributed by atoms with Crippen molar-refractivity contribution in [1.82, 2.24) is 29.9 Å². The maximum absolute atomic E-state index is 12.6. The van der Waals surface area contributed by atoms with Crippen LogP contribution >= 0.6 is 0 Å². The van der Waals surface area contributed by atoms with Crippen molar-refractivity contribution in [2.24, 2.45) is 0 Å².